The van der Waals surface area contributed by atoms with Gasteiger partial charge in [0.25, 0.3) is 11.8 Å². The number of benzene rings is 2. The largest absolute Gasteiger partial charge is 0.483 e. The van der Waals surface area contributed by atoms with Crippen LogP contribution in [0.1, 0.15) is 47.0 Å². The molecule has 0 saturated heterocycles. The molecule has 0 aliphatic heterocycles. The van der Waals surface area contributed by atoms with Crippen LogP contribution in [0.3, 0.4) is 0 Å². The van der Waals surface area contributed by atoms with Crippen LogP contribution in [0.4, 0.5) is 0 Å². The second-order valence-corrected chi connectivity index (χ2v) is 7.32. The molecule has 0 bridgehead atoms. The molecule has 156 valence electrons. The lowest BCUT2D eigenvalue weighted by Gasteiger charge is -2.15. The van der Waals surface area contributed by atoms with Crippen molar-refractivity contribution >= 4 is 11.8 Å². The molecular weight excluding hydrogens is 382 g/mol. The number of rotatable bonds is 6. The zero-order valence-electron chi connectivity index (χ0n) is 17.5. The zero-order chi connectivity index (χ0) is 21.7. The van der Waals surface area contributed by atoms with E-state index in [2.05, 4.69) is 29.9 Å². The van der Waals surface area contributed by atoms with Crippen molar-refractivity contribution in [2.24, 2.45) is 0 Å². The third-order valence-electron chi connectivity index (χ3n) is 4.60. The monoisotopic (exact) mass is 407 g/mol. The first-order valence-electron chi connectivity index (χ1n) is 9.71. The van der Waals surface area contributed by atoms with E-state index < -0.39 is 11.8 Å². The van der Waals surface area contributed by atoms with Crippen LogP contribution in [0.2, 0.25) is 0 Å². The molecule has 3 rings (SSSR count). The second-order valence-electron chi connectivity index (χ2n) is 7.32. The van der Waals surface area contributed by atoms with Crippen molar-refractivity contribution in [3.63, 3.8) is 0 Å². The van der Waals surface area contributed by atoms with Gasteiger partial charge in [0.15, 0.2) is 6.61 Å². The lowest BCUT2D eigenvalue weighted by molar-refractivity contribution is -0.123. The van der Waals surface area contributed by atoms with Crippen molar-refractivity contribution in [1.82, 2.24) is 16.0 Å². The zero-order valence-corrected chi connectivity index (χ0v) is 17.5. The van der Waals surface area contributed by atoms with Crippen LogP contribution in [-0.2, 0) is 4.79 Å². The van der Waals surface area contributed by atoms with Gasteiger partial charge < -0.3 is 9.26 Å². The van der Waals surface area contributed by atoms with Gasteiger partial charge >= 0.3 is 0 Å². The number of nitrogens with one attached hydrogen (secondary N) is 2. The Balaban J connectivity index is 1.62. The Bertz CT molecular complexity index is 1040. The predicted octanol–water partition coefficient (Wildman–Crippen LogP) is 3.92. The maximum atomic E-state index is 12.6. The topological polar surface area (TPSA) is 93.5 Å². The Kier molecular flexibility index (Phi) is 6.51. The summed E-state index contributed by atoms with van der Waals surface area (Å²) in [6.07, 6.45) is 0. The summed E-state index contributed by atoms with van der Waals surface area (Å²) in [4.78, 5) is 24.8. The summed E-state index contributed by atoms with van der Waals surface area (Å²) in [5.41, 5.74) is 8.27. The van der Waals surface area contributed by atoms with Gasteiger partial charge in [-0.25, -0.2) is 0 Å². The van der Waals surface area contributed by atoms with E-state index in [-0.39, 0.29) is 18.1 Å². The summed E-state index contributed by atoms with van der Waals surface area (Å²) in [5, 5.41) is 3.97. The van der Waals surface area contributed by atoms with E-state index in [0.29, 0.717) is 17.2 Å². The molecular formula is C23H25N3O4. The fourth-order valence-corrected chi connectivity index (χ4v) is 3.04. The summed E-state index contributed by atoms with van der Waals surface area (Å²) in [7, 11) is 0. The Morgan fingerprint density at radius 3 is 2.50 bits per heavy atom. The van der Waals surface area contributed by atoms with Crippen LogP contribution in [0.5, 0.6) is 5.75 Å². The molecule has 0 radical (unpaired) electrons. The number of hydrazine groups is 1. The first-order valence-corrected chi connectivity index (χ1v) is 9.71. The number of carbonyl (C=O) groups excluding carboxylic acids is 2. The van der Waals surface area contributed by atoms with Gasteiger partial charge in [0.2, 0.25) is 0 Å². The molecule has 1 heterocycles. The highest BCUT2D eigenvalue weighted by Gasteiger charge is 2.22. The molecule has 0 aliphatic carbocycles. The number of nitrogens with zero attached hydrogens (tertiary/aromatic N) is 1. The average molecular weight is 407 g/mol. The lowest BCUT2D eigenvalue weighted by atomic mass is 10.0. The maximum Gasteiger partial charge on any atom is 0.276 e. The number of amides is 2. The van der Waals surface area contributed by atoms with Crippen molar-refractivity contribution in [3.05, 3.63) is 71.0 Å². The van der Waals surface area contributed by atoms with E-state index >= 15 is 0 Å². The van der Waals surface area contributed by atoms with Gasteiger partial charge in [0.05, 0.1) is 0 Å². The normalized spacial score (nSPS) is 10.7. The van der Waals surface area contributed by atoms with Crippen molar-refractivity contribution in [2.75, 3.05) is 6.61 Å². The van der Waals surface area contributed by atoms with E-state index in [1.54, 1.807) is 6.92 Å². The van der Waals surface area contributed by atoms with E-state index in [9.17, 15) is 9.59 Å². The molecule has 2 N–H and O–H groups in total. The van der Waals surface area contributed by atoms with Crippen LogP contribution in [0.25, 0.3) is 11.3 Å². The summed E-state index contributed by atoms with van der Waals surface area (Å²) >= 11 is 0. The Labute approximate surface area is 175 Å². The molecule has 0 unspecified atom stereocenters. The summed E-state index contributed by atoms with van der Waals surface area (Å²) < 4.78 is 10.9. The maximum absolute atomic E-state index is 12.6. The highest BCUT2D eigenvalue weighted by Crippen LogP contribution is 2.27. The van der Waals surface area contributed by atoms with Crippen LogP contribution >= 0.6 is 0 Å². The van der Waals surface area contributed by atoms with Crippen LogP contribution in [0, 0.1) is 13.8 Å². The van der Waals surface area contributed by atoms with Gasteiger partial charge in [-0.05, 0) is 37.0 Å². The first-order chi connectivity index (χ1) is 14.4. The van der Waals surface area contributed by atoms with E-state index in [1.165, 1.54) is 0 Å². The highest BCUT2D eigenvalue weighted by molar-refractivity contribution is 6.01. The SMILES string of the molecule is Cc1ccc(C(C)C)c(OCC(=O)NNC(=O)c2c(-c3ccccc3)noc2C)c1. The molecule has 30 heavy (non-hydrogen) atoms. The summed E-state index contributed by atoms with van der Waals surface area (Å²) in [5.74, 6) is 0.288. The average Bonchev–Trinajstić information content (AvgIpc) is 3.12. The molecule has 0 spiro atoms. The van der Waals surface area contributed by atoms with Gasteiger partial charge in [0, 0.05) is 5.56 Å². The molecule has 0 saturated carbocycles. The van der Waals surface area contributed by atoms with Crippen LogP contribution in [-0.4, -0.2) is 23.6 Å². The van der Waals surface area contributed by atoms with Crippen molar-refractivity contribution in [2.45, 2.75) is 33.6 Å². The third-order valence-corrected chi connectivity index (χ3v) is 4.60. The van der Waals surface area contributed by atoms with Crippen molar-refractivity contribution in [3.8, 4) is 17.0 Å². The van der Waals surface area contributed by atoms with E-state index in [4.69, 9.17) is 9.26 Å². The Morgan fingerprint density at radius 1 is 1.07 bits per heavy atom. The Hall–Kier alpha value is -3.61. The minimum absolute atomic E-state index is 0.225. The van der Waals surface area contributed by atoms with Gasteiger partial charge in [0.1, 0.15) is 22.8 Å². The third kappa shape index (κ3) is 4.86. The molecule has 3 aromatic rings. The Morgan fingerprint density at radius 2 is 1.80 bits per heavy atom. The molecule has 2 aromatic carbocycles. The van der Waals surface area contributed by atoms with Gasteiger partial charge in [-0.2, -0.15) is 0 Å². The molecule has 7 nitrogen and oxygen atoms in total. The molecule has 2 amide bonds. The van der Waals surface area contributed by atoms with Crippen LogP contribution < -0.4 is 15.6 Å². The van der Waals surface area contributed by atoms with Crippen LogP contribution in [0.15, 0.2) is 53.1 Å². The van der Waals surface area contributed by atoms with Gasteiger partial charge in [-0.1, -0.05) is 61.5 Å². The number of aromatic nitrogens is 1. The number of ether oxygens (including phenoxy) is 1. The lowest BCUT2D eigenvalue weighted by Crippen LogP contribution is -2.44. The standard InChI is InChI=1S/C23H25N3O4/c1-14(2)18-11-10-15(3)12-19(18)29-13-20(27)24-25-23(28)21-16(4)30-26-22(21)17-8-6-5-7-9-17/h5-12,14H,13H2,1-4H3,(H,24,27)(H,25,28). The summed E-state index contributed by atoms with van der Waals surface area (Å²) in [6, 6.07) is 15.1. The predicted molar refractivity (Wildman–Crippen MR) is 113 cm³/mol. The molecule has 0 fully saturated rings. The van der Waals surface area contributed by atoms with E-state index in [1.807, 2.05) is 55.5 Å². The number of carbonyl (C=O) groups is 2. The molecule has 1 aromatic heterocycles. The summed E-state index contributed by atoms with van der Waals surface area (Å²) in [6.45, 7) is 7.50. The number of aryl methyl sites for hydroxylation is 2. The number of hydrogen-bond acceptors (Lipinski definition) is 5. The minimum atomic E-state index is -0.514. The minimum Gasteiger partial charge on any atom is -0.483 e. The molecule has 7 heteroatoms. The first kappa shape index (κ1) is 21.1. The second kappa shape index (κ2) is 9.26. The highest BCUT2D eigenvalue weighted by atomic mass is 16.5. The quantitative estimate of drug-likeness (QED) is 0.604. The van der Waals surface area contributed by atoms with Crippen molar-refractivity contribution < 1.29 is 18.8 Å². The smallest absolute Gasteiger partial charge is 0.276 e. The molecule has 0 aliphatic rings. The van der Waals surface area contributed by atoms with Crippen molar-refractivity contribution in [1.29, 1.82) is 0 Å². The van der Waals surface area contributed by atoms with Gasteiger partial charge in [-0.3, -0.25) is 20.4 Å². The molecule has 0 atom stereocenters. The fraction of sp³-hybridized carbons (Fsp3) is 0.261. The number of hydrogen-bond donors (Lipinski definition) is 2. The fourth-order valence-electron chi connectivity index (χ4n) is 3.04. The van der Waals surface area contributed by atoms with Gasteiger partial charge in [-0.15, -0.1) is 0 Å². The van der Waals surface area contributed by atoms with E-state index in [0.717, 1.165) is 16.7 Å².